The SMILES string of the molecule is O=C(O)[C@H]1CN(C2CCCNC2)C(=O)O1. The van der Waals surface area contributed by atoms with E-state index in [2.05, 4.69) is 5.32 Å². The van der Waals surface area contributed by atoms with Gasteiger partial charge in [-0.1, -0.05) is 0 Å². The first-order chi connectivity index (χ1) is 7.18. The number of aliphatic carboxylic acids is 1. The lowest BCUT2D eigenvalue weighted by Crippen LogP contribution is -2.46. The summed E-state index contributed by atoms with van der Waals surface area (Å²) in [6.07, 6.45) is 0.413. The summed E-state index contributed by atoms with van der Waals surface area (Å²) < 4.78 is 4.75. The molecule has 84 valence electrons. The van der Waals surface area contributed by atoms with Crippen molar-refractivity contribution < 1.29 is 19.4 Å². The summed E-state index contributed by atoms with van der Waals surface area (Å²) in [6.45, 7) is 1.85. The van der Waals surface area contributed by atoms with Crippen LogP contribution in [0.5, 0.6) is 0 Å². The fourth-order valence-corrected chi connectivity index (χ4v) is 2.01. The van der Waals surface area contributed by atoms with Crippen LogP contribution in [0.2, 0.25) is 0 Å². The van der Waals surface area contributed by atoms with Crippen molar-refractivity contribution in [2.24, 2.45) is 0 Å². The van der Waals surface area contributed by atoms with Crippen LogP contribution >= 0.6 is 0 Å². The zero-order chi connectivity index (χ0) is 10.8. The Balaban J connectivity index is 1.97. The van der Waals surface area contributed by atoms with Crippen molar-refractivity contribution in [1.29, 1.82) is 0 Å². The average Bonchev–Trinajstić information content (AvgIpc) is 2.62. The molecule has 2 heterocycles. The highest BCUT2D eigenvalue weighted by atomic mass is 16.6. The minimum atomic E-state index is -1.07. The molecule has 2 aliphatic rings. The number of piperidine rings is 1. The third kappa shape index (κ3) is 2.04. The summed E-state index contributed by atoms with van der Waals surface area (Å²) in [5.41, 5.74) is 0. The Hall–Kier alpha value is -1.30. The first-order valence-corrected chi connectivity index (χ1v) is 5.09. The van der Waals surface area contributed by atoms with Gasteiger partial charge in [-0.15, -0.1) is 0 Å². The molecule has 0 spiro atoms. The average molecular weight is 214 g/mol. The Morgan fingerprint density at radius 2 is 2.40 bits per heavy atom. The van der Waals surface area contributed by atoms with Gasteiger partial charge in [0.15, 0.2) is 0 Å². The molecule has 0 saturated carbocycles. The second-order valence-corrected chi connectivity index (χ2v) is 3.86. The number of carbonyl (C=O) groups is 2. The molecule has 2 aliphatic heterocycles. The maximum Gasteiger partial charge on any atom is 0.411 e. The van der Waals surface area contributed by atoms with E-state index < -0.39 is 18.2 Å². The lowest BCUT2D eigenvalue weighted by molar-refractivity contribution is -0.144. The monoisotopic (exact) mass is 214 g/mol. The van der Waals surface area contributed by atoms with Crippen molar-refractivity contribution in [1.82, 2.24) is 10.2 Å². The van der Waals surface area contributed by atoms with Crippen LogP contribution in [0.15, 0.2) is 0 Å². The van der Waals surface area contributed by atoms with Crippen molar-refractivity contribution >= 4 is 12.1 Å². The second-order valence-electron chi connectivity index (χ2n) is 3.86. The minimum Gasteiger partial charge on any atom is -0.478 e. The highest BCUT2D eigenvalue weighted by Gasteiger charge is 2.39. The molecule has 15 heavy (non-hydrogen) atoms. The summed E-state index contributed by atoms with van der Waals surface area (Å²) >= 11 is 0. The third-order valence-corrected chi connectivity index (χ3v) is 2.83. The van der Waals surface area contributed by atoms with Crippen LogP contribution in [-0.4, -0.2) is 53.8 Å². The predicted molar refractivity (Wildman–Crippen MR) is 50.5 cm³/mol. The van der Waals surface area contributed by atoms with Gasteiger partial charge in [-0.3, -0.25) is 4.90 Å². The zero-order valence-corrected chi connectivity index (χ0v) is 8.31. The largest absolute Gasteiger partial charge is 0.478 e. The number of rotatable bonds is 2. The van der Waals surface area contributed by atoms with Crippen molar-refractivity contribution in [3.63, 3.8) is 0 Å². The summed E-state index contributed by atoms with van der Waals surface area (Å²) in [4.78, 5) is 23.6. The second kappa shape index (κ2) is 4.06. The molecule has 2 saturated heterocycles. The molecule has 1 amide bonds. The number of hydrogen-bond donors (Lipinski definition) is 2. The minimum absolute atomic E-state index is 0.0793. The Morgan fingerprint density at radius 3 is 2.93 bits per heavy atom. The van der Waals surface area contributed by atoms with E-state index in [1.807, 2.05) is 0 Å². The number of carbonyl (C=O) groups excluding carboxylic acids is 1. The summed E-state index contributed by atoms with van der Waals surface area (Å²) in [5.74, 6) is -1.07. The molecule has 6 heteroatoms. The van der Waals surface area contributed by atoms with Crippen molar-refractivity contribution in [2.45, 2.75) is 25.0 Å². The third-order valence-electron chi connectivity index (χ3n) is 2.83. The van der Waals surface area contributed by atoms with Gasteiger partial charge in [-0.05, 0) is 19.4 Å². The van der Waals surface area contributed by atoms with Crippen molar-refractivity contribution in [2.75, 3.05) is 19.6 Å². The predicted octanol–water partition coefficient (Wildman–Crippen LogP) is -0.356. The van der Waals surface area contributed by atoms with Gasteiger partial charge < -0.3 is 15.2 Å². The maximum absolute atomic E-state index is 11.4. The van der Waals surface area contributed by atoms with E-state index in [9.17, 15) is 9.59 Å². The summed E-state index contributed by atoms with van der Waals surface area (Å²) in [6, 6.07) is 0.0793. The van der Waals surface area contributed by atoms with Gasteiger partial charge in [0.1, 0.15) is 0 Å². The molecule has 0 aliphatic carbocycles. The normalized spacial score (nSPS) is 31.5. The summed E-state index contributed by atoms with van der Waals surface area (Å²) in [5, 5.41) is 11.9. The van der Waals surface area contributed by atoms with Crippen LogP contribution in [0.4, 0.5) is 4.79 Å². The van der Waals surface area contributed by atoms with Crippen LogP contribution in [0.3, 0.4) is 0 Å². The van der Waals surface area contributed by atoms with E-state index in [0.29, 0.717) is 0 Å². The van der Waals surface area contributed by atoms with Crippen molar-refractivity contribution in [3.8, 4) is 0 Å². The number of amides is 1. The first-order valence-electron chi connectivity index (χ1n) is 5.09. The fourth-order valence-electron chi connectivity index (χ4n) is 2.01. The lowest BCUT2D eigenvalue weighted by Gasteiger charge is -2.29. The molecule has 2 fully saturated rings. The lowest BCUT2D eigenvalue weighted by atomic mass is 10.1. The molecule has 2 rings (SSSR count). The van der Waals surface area contributed by atoms with Crippen LogP contribution in [-0.2, 0) is 9.53 Å². The number of cyclic esters (lactones) is 1. The van der Waals surface area contributed by atoms with E-state index in [1.165, 1.54) is 4.90 Å². The molecule has 0 bridgehead atoms. The molecule has 1 unspecified atom stereocenters. The Bertz CT molecular complexity index is 275. The Kier molecular flexibility index (Phi) is 2.77. The smallest absolute Gasteiger partial charge is 0.411 e. The van der Waals surface area contributed by atoms with Gasteiger partial charge in [0.05, 0.1) is 6.54 Å². The van der Waals surface area contributed by atoms with Gasteiger partial charge in [0.25, 0.3) is 0 Å². The molecule has 0 radical (unpaired) electrons. The molecule has 2 N–H and O–H groups in total. The van der Waals surface area contributed by atoms with Crippen molar-refractivity contribution in [3.05, 3.63) is 0 Å². The number of carboxylic acids is 1. The highest BCUT2D eigenvalue weighted by molar-refractivity contribution is 5.81. The van der Waals surface area contributed by atoms with Gasteiger partial charge in [-0.25, -0.2) is 9.59 Å². The Labute approximate surface area is 87.2 Å². The number of nitrogens with one attached hydrogen (secondary N) is 1. The standard InChI is InChI=1S/C9H14N2O4/c12-8(13)7-5-11(9(14)15-7)6-2-1-3-10-4-6/h6-7,10H,1-5H2,(H,12,13)/t6?,7-/m1/s1. The molecule has 2 atom stereocenters. The number of nitrogens with zero attached hydrogens (tertiary/aromatic N) is 1. The Morgan fingerprint density at radius 1 is 1.60 bits per heavy atom. The van der Waals surface area contributed by atoms with Gasteiger partial charge in [0, 0.05) is 12.6 Å². The molecule has 0 aromatic heterocycles. The number of hydrogen-bond acceptors (Lipinski definition) is 4. The molecular formula is C9H14N2O4. The van der Waals surface area contributed by atoms with Gasteiger partial charge >= 0.3 is 12.1 Å². The maximum atomic E-state index is 11.4. The van der Waals surface area contributed by atoms with Crippen LogP contribution in [0.25, 0.3) is 0 Å². The first kappa shape index (κ1) is 10.2. The van der Waals surface area contributed by atoms with E-state index in [1.54, 1.807) is 0 Å². The molecule has 0 aromatic carbocycles. The summed E-state index contributed by atoms with van der Waals surface area (Å²) in [7, 11) is 0. The topological polar surface area (TPSA) is 78.9 Å². The van der Waals surface area contributed by atoms with E-state index in [4.69, 9.17) is 9.84 Å². The quantitative estimate of drug-likeness (QED) is 0.656. The van der Waals surface area contributed by atoms with E-state index >= 15 is 0 Å². The van der Waals surface area contributed by atoms with E-state index in [-0.39, 0.29) is 12.6 Å². The number of carboxylic acid groups (broad SMARTS) is 1. The van der Waals surface area contributed by atoms with Gasteiger partial charge in [0.2, 0.25) is 6.10 Å². The van der Waals surface area contributed by atoms with E-state index in [0.717, 1.165) is 25.9 Å². The molecule has 0 aromatic rings. The molecule has 6 nitrogen and oxygen atoms in total. The molecular weight excluding hydrogens is 200 g/mol. The van der Waals surface area contributed by atoms with Crippen LogP contribution in [0.1, 0.15) is 12.8 Å². The van der Waals surface area contributed by atoms with Crippen LogP contribution < -0.4 is 5.32 Å². The fraction of sp³-hybridized carbons (Fsp3) is 0.778. The number of ether oxygens (including phenoxy) is 1. The van der Waals surface area contributed by atoms with Crippen LogP contribution in [0, 0.1) is 0 Å². The zero-order valence-electron chi connectivity index (χ0n) is 8.31. The van der Waals surface area contributed by atoms with Gasteiger partial charge in [-0.2, -0.15) is 0 Å². The highest BCUT2D eigenvalue weighted by Crippen LogP contribution is 2.18.